The van der Waals surface area contributed by atoms with Crippen LogP contribution in [0, 0.1) is 0 Å². The number of carbonyl (C=O) groups is 1. The predicted molar refractivity (Wildman–Crippen MR) is 75.2 cm³/mol. The third-order valence-corrected chi connectivity index (χ3v) is 3.57. The molecule has 5 nitrogen and oxygen atoms in total. The van der Waals surface area contributed by atoms with Gasteiger partial charge < -0.3 is 20.6 Å². The zero-order valence-corrected chi connectivity index (χ0v) is 11.2. The predicted octanol–water partition coefficient (Wildman–Crippen LogP) is 0.778. The molecule has 0 unspecified atom stereocenters. The average molecular weight is 263 g/mol. The molecule has 0 bridgehead atoms. The Bertz CT molecular complexity index is 442. The highest BCUT2D eigenvalue weighted by Crippen LogP contribution is 2.27. The molecule has 1 aromatic rings. The van der Waals surface area contributed by atoms with Gasteiger partial charge in [-0.05, 0) is 18.6 Å². The number of phenols is 1. The zero-order valence-electron chi connectivity index (χ0n) is 11.2. The van der Waals surface area contributed by atoms with Gasteiger partial charge in [-0.1, -0.05) is 19.1 Å². The second-order valence-corrected chi connectivity index (χ2v) is 4.82. The highest BCUT2D eigenvalue weighted by Gasteiger charge is 2.25. The topological polar surface area (TPSA) is 69.8 Å². The molecule has 19 heavy (non-hydrogen) atoms. The molecule has 0 radical (unpaired) electrons. The molecule has 1 atom stereocenters. The number of nitrogens with zero attached hydrogens (tertiary/aromatic N) is 2. The van der Waals surface area contributed by atoms with E-state index in [-0.39, 0.29) is 11.7 Å². The molecule has 1 saturated heterocycles. The van der Waals surface area contributed by atoms with Gasteiger partial charge in [0.1, 0.15) is 5.75 Å². The maximum atomic E-state index is 12.0. The summed E-state index contributed by atoms with van der Waals surface area (Å²) in [4.78, 5) is 15.9. The Labute approximate surface area is 113 Å². The van der Waals surface area contributed by atoms with E-state index in [9.17, 15) is 9.90 Å². The van der Waals surface area contributed by atoms with Crippen molar-refractivity contribution >= 4 is 11.6 Å². The summed E-state index contributed by atoms with van der Waals surface area (Å²) in [5, 5.41) is 9.82. The molecule has 3 N–H and O–H groups in total. The summed E-state index contributed by atoms with van der Waals surface area (Å²) in [7, 11) is 0. The van der Waals surface area contributed by atoms with E-state index in [2.05, 4.69) is 4.90 Å². The molecule has 2 rings (SSSR count). The number of hydrogen-bond acceptors (Lipinski definition) is 4. The van der Waals surface area contributed by atoms with Crippen molar-refractivity contribution in [3.05, 3.63) is 24.3 Å². The fraction of sp³-hybridized carbons (Fsp3) is 0.500. The van der Waals surface area contributed by atoms with Gasteiger partial charge in [0.05, 0.1) is 11.7 Å². The Balaban J connectivity index is 1.96. The van der Waals surface area contributed by atoms with Crippen molar-refractivity contribution in [3.8, 4) is 5.75 Å². The number of nitrogens with two attached hydrogens (primary N) is 1. The summed E-state index contributed by atoms with van der Waals surface area (Å²) in [6.07, 6.45) is 0.665. The van der Waals surface area contributed by atoms with Crippen molar-refractivity contribution in [1.29, 1.82) is 0 Å². The van der Waals surface area contributed by atoms with Crippen molar-refractivity contribution in [2.45, 2.75) is 19.4 Å². The lowest BCUT2D eigenvalue weighted by molar-refractivity contribution is -0.132. The lowest BCUT2D eigenvalue weighted by Crippen LogP contribution is -2.53. The number of piperazine rings is 1. The molecule has 1 amide bonds. The van der Waals surface area contributed by atoms with E-state index in [1.807, 2.05) is 24.0 Å². The number of hydrogen-bond donors (Lipinski definition) is 2. The van der Waals surface area contributed by atoms with Crippen molar-refractivity contribution in [2.75, 3.05) is 31.1 Å². The molecule has 1 aromatic carbocycles. The first-order valence-corrected chi connectivity index (χ1v) is 6.70. The van der Waals surface area contributed by atoms with E-state index in [1.165, 1.54) is 0 Å². The molecule has 104 valence electrons. The Morgan fingerprint density at radius 1 is 1.32 bits per heavy atom. The van der Waals surface area contributed by atoms with E-state index in [1.54, 1.807) is 12.1 Å². The second-order valence-electron chi connectivity index (χ2n) is 4.82. The quantitative estimate of drug-likeness (QED) is 0.845. The maximum Gasteiger partial charge on any atom is 0.239 e. The number of anilines is 1. The van der Waals surface area contributed by atoms with Crippen LogP contribution in [-0.4, -0.2) is 48.1 Å². The third kappa shape index (κ3) is 2.98. The molecule has 0 aliphatic carbocycles. The van der Waals surface area contributed by atoms with Gasteiger partial charge in [-0.2, -0.15) is 0 Å². The second kappa shape index (κ2) is 5.93. The summed E-state index contributed by atoms with van der Waals surface area (Å²) in [6.45, 7) is 4.67. The number of aromatic hydroxyl groups is 1. The minimum Gasteiger partial charge on any atom is -0.506 e. The summed E-state index contributed by atoms with van der Waals surface area (Å²) < 4.78 is 0. The average Bonchev–Trinajstić information content (AvgIpc) is 2.46. The first-order valence-electron chi connectivity index (χ1n) is 6.70. The van der Waals surface area contributed by atoms with Gasteiger partial charge in [0.15, 0.2) is 0 Å². The van der Waals surface area contributed by atoms with Crippen LogP contribution in [0.4, 0.5) is 5.69 Å². The fourth-order valence-electron chi connectivity index (χ4n) is 2.31. The Hall–Kier alpha value is -1.75. The summed E-state index contributed by atoms with van der Waals surface area (Å²) in [5.74, 6) is 0.312. The molecule has 0 aromatic heterocycles. The fourth-order valence-corrected chi connectivity index (χ4v) is 2.31. The molecule has 0 saturated carbocycles. The highest BCUT2D eigenvalue weighted by atomic mass is 16.3. The number of para-hydroxylation sites is 2. The van der Waals surface area contributed by atoms with Crippen molar-refractivity contribution in [2.24, 2.45) is 5.73 Å². The smallest absolute Gasteiger partial charge is 0.239 e. The minimum atomic E-state index is -0.392. The maximum absolute atomic E-state index is 12.0. The summed E-state index contributed by atoms with van der Waals surface area (Å²) >= 11 is 0. The highest BCUT2D eigenvalue weighted by molar-refractivity contribution is 5.81. The lowest BCUT2D eigenvalue weighted by Gasteiger charge is -2.37. The van der Waals surface area contributed by atoms with E-state index in [0.717, 1.165) is 18.8 Å². The van der Waals surface area contributed by atoms with Crippen molar-refractivity contribution in [3.63, 3.8) is 0 Å². The number of rotatable bonds is 3. The van der Waals surface area contributed by atoms with Gasteiger partial charge >= 0.3 is 0 Å². The van der Waals surface area contributed by atoms with Crippen LogP contribution in [0.15, 0.2) is 24.3 Å². The molecule has 0 spiro atoms. The van der Waals surface area contributed by atoms with Crippen LogP contribution < -0.4 is 10.6 Å². The van der Waals surface area contributed by atoms with Crippen LogP contribution in [0.25, 0.3) is 0 Å². The van der Waals surface area contributed by atoms with E-state index < -0.39 is 6.04 Å². The van der Waals surface area contributed by atoms with E-state index >= 15 is 0 Å². The number of carbonyl (C=O) groups excluding carboxylic acids is 1. The summed E-state index contributed by atoms with van der Waals surface area (Å²) in [6, 6.07) is 6.89. The van der Waals surface area contributed by atoms with Crippen LogP contribution in [0.5, 0.6) is 5.75 Å². The first-order chi connectivity index (χ1) is 9.13. The summed E-state index contributed by atoms with van der Waals surface area (Å²) in [5.41, 5.74) is 6.60. The van der Waals surface area contributed by atoms with Crippen LogP contribution in [0.3, 0.4) is 0 Å². The molecular formula is C14H21N3O2. The van der Waals surface area contributed by atoms with Crippen LogP contribution in [0.2, 0.25) is 0 Å². The Kier molecular flexibility index (Phi) is 4.27. The number of amides is 1. The van der Waals surface area contributed by atoms with Gasteiger partial charge in [-0.3, -0.25) is 4.79 Å². The standard InChI is InChI=1S/C14H21N3O2/c1-2-11(15)14(19)17-9-7-16(8-10-17)12-5-3-4-6-13(12)18/h3-6,11,18H,2,7-10,15H2,1H3/t11-/m1/s1. The first kappa shape index (κ1) is 13.7. The number of benzene rings is 1. The van der Waals surface area contributed by atoms with Gasteiger partial charge in [-0.15, -0.1) is 0 Å². The molecule has 1 aliphatic rings. The van der Waals surface area contributed by atoms with Gasteiger partial charge in [-0.25, -0.2) is 0 Å². The molecule has 1 heterocycles. The monoisotopic (exact) mass is 263 g/mol. The zero-order chi connectivity index (χ0) is 13.8. The van der Waals surface area contributed by atoms with E-state index in [0.29, 0.717) is 19.5 Å². The van der Waals surface area contributed by atoms with Gasteiger partial charge in [0.25, 0.3) is 0 Å². The minimum absolute atomic E-state index is 0.0273. The number of phenolic OH excluding ortho intramolecular Hbond substituents is 1. The Morgan fingerprint density at radius 2 is 1.95 bits per heavy atom. The largest absolute Gasteiger partial charge is 0.506 e. The molecule has 1 fully saturated rings. The van der Waals surface area contributed by atoms with Crippen molar-refractivity contribution < 1.29 is 9.90 Å². The molecule has 1 aliphatic heterocycles. The van der Waals surface area contributed by atoms with E-state index in [4.69, 9.17) is 5.73 Å². The SMILES string of the molecule is CC[C@@H](N)C(=O)N1CCN(c2ccccc2O)CC1. The van der Waals surface area contributed by atoms with Gasteiger partial charge in [0, 0.05) is 26.2 Å². The van der Waals surface area contributed by atoms with Crippen LogP contribution >= 0.6 is 0 Å². The molecular weight excluding hydrogens is 242 g/mol. The lowest BCUT2D eigenvalue weighted by atomic mass is 10.2. The van der Waals surface area contributed by atoms with Gasteiger partial charge in [0.2, 0.25) is 5.91 Å². The third-order valence-electron chi connectivity index (χ3n) is 3.57. The Morgan fingerprint density at radius 3 is 2.53 bits per heavy atom. The molecule has 5 heteroatoms. The normalized spacial score (nSPS) is 17.4. The van der Waals surface area contributed by atoms with Crippen LogP contribution in [-0.2, 0) is 4.79 Å². The van der Waals surface area contributed by atoms with Crippen molar-refractivity contribution in [1.82, 2.24) is 4.90 Å². The van der Waals surface area contributed by atoms with Crippen LogP contribution in [0.1, 0.15) is 13.3 Å².